The molecule has 2 bridgehead atoms. The third-order valence-electron chi connectivity index (χ3n) is 5.99. The van der Waals surface area contributed by atoms with Crippen molar-refractivity contribution < 1.29 is 14.6 Å². The molecule has 120 valence electrons. The number of fused-ring (bicyclic) bond motifs is 2. The van der Waals surface area contributed by atoms with Crippen LogP contribution in [0.15, 0.2) is 35.9 Å². The summed E-state index contributed by atoms with van der Waals surface area (Å²) in [6.07, 6.45) is 2.39. The van der Waals surface area contributed by atoms with E-state index in [1.165, 1.54) is 11.1 Å². The van der Waals surface area contributed by atoms with Crippen molar-refractivity contribution in [3.8, 4) is 5.75 Å². The van der Waals surface area contributed by atoms with Gasteiger partial charge in [0.15, 0.2) is 0 Å². The predicted molar refractivity (Wildman–Crippen MR) is 86.8 cm³/mol. The fourth-order valence-corrected chi connectivity index (χ4v) is 4.38. The van der Waals surface area contributed by atoms with Crippen molar-refractivity contribution in [1.29, 1.82) is 0 Å². The summed E-state index contributed by atoms with van der Waals surface area (Å²) in [5.74, 6) is 1.94. The van der Waals surface area contributed by atoms with Gasteiger partial charge in [-0.15, -0.1) is 0 Å². The number of hydrogen-bond acceptors (Lipinski definition) is 3. The Balaban J connectivity index is 1.97. The summed E-state index contributed by atoms with van der Waals surface area (Å²) >= 11 is 0. The van der Waals surface area contributed by atoms with Gasteiger partial charge in [0.05, 0.1) is 26.4 Å². The second-order valence-electron chi connectivity index (χ2n) is 6.91. The molecule has 0 saturated carbocycles. The second kappa shape index (κ2) is 5.71. The van der Waals surface area contributed by atoms with Crippen molar-refractivity contribution in [3.63, 3.8) is 0 Å². The first-order chi connectivity index (χ1) is 10.5. The summed E-state index contributed by atoms with van der Waals surface area (Å²) in [7, 11) is 1.68. The van der Waals surface area contributed by atoms with E-state index in [-0.39, 0.29) is 18.1 Å². The van der Waals surface area contributed by atoms with Crippen LogP contribution >= 0.6 is 0 Å². The smallest absolute Gasteiger partial charge is 0.118 e. The maximum atomic E-state index is 10.0. The first-order valence-electron chi connectivity index (χ1n) is 8.08. The van der Waals surface area contributed by atoms with E-state index in [0.29, 0.717) is 24.4 Å². The zero-order chi connectivity index (χ0) is 15.9. The Morgan fingerprint density at radius 3 is 2.55 bits per heavy atom. The molecule has 1 aliphatic heterocycles. The fraction of sp³-hybridized carbons (Fsp3) is 0.579. The van der Waals surface area contributed by atoms with E-state index in [0.717, 1.165) is 5.75 Å². The first-order valence-corrected chi connectivity index (χ1v) is 8.08. The number of aliphatic hydroxyl groups excluding tert-OH is 1. The molecule has 0 spiro atoms. The molecule has 1 fully saturated rings. The molecule has 1 N–H and O–H groups in total. The number of aliphatic hydroxyl groups is 1. The van der Waals surface area contributed by atoms with Crippen LogP contribution in [0.2, 0.25) is 0 Å². The maximum absolute atomic E-state index is 10.0. The van der Waals surface area contributed by atoms with E-state index in [1.807, 2.05) is 12.1 Å². The van der Waals surface area contributed by atoms with Gasteiger partial charge in [-0.05, 0) is 36.5 Å². The van der Waals surface area contributed by atoms with Crippen LogP contribution in [0.25, 0.3) is 0 Å². The van der Waals surface area contributed by atoms with Crippen molar-refractivity contribution in [3.05, 3.63) is 41.5 Å². The number of rotatable bonds is 3. The first kappa shape index (κ1) is 15.6. The Labute approximate surface area is 132 Å². The molecule has 3 nitrogen and oxygen atoms in total. The molecule has 0 radical (unpaired) electrons. The SMILES string of the molecule is COc1ccc(C2OCC3(CO)C(C)C=C(C)C2C3C)cc1. The van der Waals surface area contributed by atoms with E-state index in [2.05, 4.69) is 39.0 Å². The summed E-state index contributed by atoms with van der Waals surface area (Å²) in [6.45, 7) is 7.47. The van der Waals surface area contributed by atoms with Crippen molar-refractivity contribution in [1.82, 2.24) is 0 Å². The zero-order valence-corrected chi connectivity index (χ0v) is 13.9. The molecule has 3 heteroatoms. The van der Waals surface area contributed by atoms with Crippen molar-refractivity contribution in [2.24, 2.45) is 23.2 Å². The van der Waals surface area contributed by atoms with E-state index in [1.54, 1.807) is 7.11 Å². The minimum atomic E-state index is -0.146. The minimum absolute atomic E-state index is 0.0596. The lowest BCUT2D eigenvalue weighted by Crippen LogP contribution is -2.53. The summed E-state index contributed by atoms with van der Waals surface area (Å²) < 4.78 is 11.5. The van der Waals surface area contributed by atoms with Gasteiger partial charge in [-0.3, -0.25) is 0 Å². The molecule has 1 heterocycles. The van der Waals surface area contributed by atoms with Crippen LogP contribution in [0.5, 0.6) is 5.75 Å². The topological polar surface area (TPSA) is 38.7 Å². The Morgan fingerprint density at radius 2 is 1.95 bits per heavy atom. The molecular formula is C19H26O3. The summed E-state index contributed by atoms with van der Waals surface area (Å²) in [5, 5.41) is 10.0. The molecule has 2 aliphatic rings. The van der Waals surface area contributed by atoms with Crippen LogP contribution in [0.1, 0.15) is 32.4 Å². The van der Waals surface area contributed by atoms with Gasteiger partial charge in [0.25, 0.3) is 0 Å². The van der Waals surface area contributed by atoms with Crippen LogP contribution in [0.3, 0.4) is 0 Å². The monoisotopic (exact) mass is 302 g/mol. The molecule has 1 aromatic carbocycles. The Kier molecular flexibility index (Phi) is 4.04. The van der Waals surface area contributed by atoms with E-state index in [4.69, 9.17) is 9.47 Å². The molecule has 0 aromatic heterocycles. The molecule has 22 heavy (non-hydrogen) atoms. The average Bonchev–Trinajstić information content (AvgIpc) is 2.53. The summed E-state index contributed by atoms with van der Waals surface area (Å²) in [6, 6.07) is 8.16. The average molecular weight is 302 g/mol. The molecule has 1 saturated heterocycles. The van der Waals surface area contributed by atoms with Gasteiger partial charge >= 0.3 is 0 Å². The largest absolute Gasteiger partial charge is 0.497 e. The van der Waals surface area contributed by atoms with Gasteiger partial charge in [0, 0.05) is 11.3 Å². The highest BCUT2D eigenvalue weighted by atomic mass is 16.5. The standard InChI is InChI=1S/C19H26O3/c1-12-9-13(2)19(10-20)11-22-18(17(12)14(19)3)15-5-7-16(21-4)8-6-15/h5-9,13-14,17-18,20H,10-11H2,1-4H3. The molecule has 1 aliphatic carbocycles. The molecular weight excluding hydrogens is 276 g/mol. The van der Waals surface area contributed by atoms with E-state index < -0.39 is 0 Å². The number of benzene rings is 1. The lowest BCUT2D eigenvalue weighted by atomic mass is 9.56. The van der Waals surface area contributed by atoms with Crippen LogP contribution in [0, 0.1) is 23.2 Å². The minimum Gasteiger partial charge on any atom is -0.497 e. The van der Waals surface area contributed by atoms with Gasteiger partial charge in [-0.25, -0.2) is 0 Å². The van der Waals surface area contributed by atoms with Gasteiger partial charge < -0.3 is 14.6 Å². The zero-order valence-electron chi connectivity index (χ0n) is 13.9. The quantitative estimate of drug-likeness (QED) is 0.867. The number of ether oxygens (including phenoxy) is 2. The highest BCUT2D eigenvalue weighted by Gasteiger charge is 2.53. The Bertz CT molecular complexity index is 563. The lowest BCUT2D eigenvalue weighted by Gasteiger charge is -2.55. The fourth-order valence-electron chi connectivity index (χ4n) is 4.38. The highest BCUT2D eigenvalue weighted by molar-refractivity contribution is 5.32. The van der Waals surface area contributed by atoms with Crippen LogP contribution in [-0.2, 0) is 4.74 Å². The highest BCUT2D eigenvalue weighted by Crippen LogP contribution is 2.55. The Hall–Kier alpha value is -1.32. The van der Waals surface area contributed by atoms with Gasteiger partial charge in [0.2, 0.25) is 0 Å². The van der Waals surface area contributed by atoms with Gasteiger partial charge in [-0.1, -0.05) is 37.6 Å². The second-order valence-corrected chi connectivity index (χ2v) is 6.91. The number of hydrogen-bond donors (Lipinski definition) is 1. The molecule has 5 atom stereocenters. The van der Waals surface area contributed by atoms with Gasteiger partial charge in [0.1, 0.15) is 5.75 Å². The van der Waals surface area contributed by atoms with E-state index >= 15 is 0 Å². The normalized spacial score (nSPS) is 37.6. The number of methoxy groups -OCH3 is 1. The molecule has 0 amide bonds. The number of allylic oxidation sites excluding steroid dienone is 1. The molecule has 1 aromatic rings. The van der Waals surface area contributed by atoms with Crippen LogP contribution < -0.4 is 4.74 Å². The van der Waals surface area contributed by atoms with Crippen molar-refractivity contribution in [2.45, 2.75) is 26.9 Å². The van der Waals surface area contributed by atoms with Crippen LogP contribution in [0.4, 0.5) is 0 Å². The molecule has 3 rings (SSSR count). The lowest BCUT2D eigenvalue weighted by molar-refractivity contribution is -0.165. The Morgan fingerprint density at radius 1 is 1.27 bits per heavy atom. The summed E-state index contributed by atoms with van der Waals surface area (Å²) in [4.78, 5) is 0. The molecule has 5 unspecified atom stereocenters. The third-order valence-corrected chi connectivity index (χ3v) is 5.99. The van der Waals surface area contributed by atoms with Gasteiger partial charge in [-0.2, -0.15) is 0 Å². The third kappa shape index (κ3) is 2.19. The summed E-state index contributed by atoms with van der Waals surface area (Å²) in [5.41, 5.74) is 2.42. The van der Waals surface area contributed by atoms with Crippen molar-refractivity contribution in [2.75, 3.05) is 20.3 Å². The van der Waals surface area contributed by atoms with Crippen molar-refractivity contribution >= 4 is 0 Å². The predicted octanol–water partition coefficient (Wildman–Crippen LogP) is 3.59. The van der Waals surface area contributed by atoms with Crippen LogP contribution in [-0.4, -0.2) is 25.4 Å². The maximum Gasteiger partial charge on any atom is 0.118 e. The van der Waals surface area contributed by atoms with E-state index in [9.17, 15) is 5.11 Å².